The Hall–Kier alpha value is -0.440. The molecule has 10 atom stereocenters. The first-order valence-electron chi connectivity index (χ1n) is 13.6. The van der Waals surface area contributed by atoms with E-state index in [2.05, 4.69) is 6.92 Å². The molecule has 11 nitrogen and oxygen atoms in total. The number of aliphatic hydroxyl groups excluding tert-OH is 7. The average molecular weight is 525 g/mol. The van der Waals surface area contributed by atoms with E-state index in [0.717, 1.165) is 19.3 Å². The van der Waals surface area contributed by atoms with Gasteiger partial charge in [0.25, 0.3) is 0 Å². The summed E-state index contributed by atoms with van der Waals surface area (Å²) in [6.45, 7) is 1.32. The number of rotatable bonds is 17. The van der Waals surface area contributed by atoms with Gasteiger partial charge in [0.05, 0.1) is 13.2 Å². The molecule has 0 unspecified atom stereocenters. The zero-order valence-electron chi connectivity index (χ0n) is 21.4. The lowest BCUT2D eigenvalue weighted by molar-refractivity contribution is -0.359. The van der Waals surface area contributed by atoms with Gasteiger partial charge in [0.15, 0.2) is 12.6 Å². The fraction of sp³-hybridized carbons (Fsp3) is 1.00. The molecule has 0 amide bonds. The number of unbranched alkanes of at least 4 members (excludes halogenated alkanes) is 10. The molecular formula is C25H48O11. The summed E-state index contributed by atoms with van der Waals surface area (Å²) in [4.78, 5) is 0. The Morgan fingerprint density at radius 1 is 0.556 bits per heavy atom. The Bertz CT molecular complexity index is 564. The Morgan fingerprint density at radius 2 is 1.06 bits per heavy atom. The second-order valence-electron chi connectivity index (χ2n) is 9.91. The van der Waals surface area contributed by atoms with E-state index in [0.29, 0.717) is 6.61 Å². The third-order valence-corrected chi connectivity index (χ3v) is 6.99. The van der Waals surface area contributed by atoms with Gasteiger partial charge in [0, 0.05) is 6.61 Å². The average Bonchev–Trinajstić information content (AvgIpc) is 2.88. The molecule has 214 valence electrons. The zero-order chi connectivity index (χ0) is 26.5. The smallest absolute Gasteiger partial charge is 0.187 e. The summed E-state index contributed by atoms with van der Waals surface area (Å²) in [6.07, 6.45) is -1.24. The van der Waals surface area contributed by atoms with Crippen LogP contribution in [-0.2, 0) is 18.9 Å². The summed E-state index contributed by atoms with van der Waals surface area (Å²) in [6, 6.07) is 0. The van der Waals surface area contributed by atoms with E-state index in [1.807, 2.05) is 0 Å². The molecule has 0 saturated carbocycles. The van der Waals surface area contributed by atoms with E-state index in [1.165, 1.54) is 51.4 Å². The van der Waals surface area contributed by atoms with Crippen LogP contribution in [0.5, 0.6) is 0 Å². The summed E-state index contributed by atoms with van der Waals surface area (Å²) in [5, 5.41) is 70.2. The second kappa shape index (κ2) is 17.2. The van der Waals surface area contributed by atoms with Gasteiger partial charge in [-0.3, -0.25) is 0 Å². The Balaban J connectivity index is 1.71. The van der Waals surface area contributed by atoms with Crippen LogP contribution in [0.25, 0.3) is 0 Å². The normalized spacial score (nSPS) is 37.3. The molecule has 7 N–H and O–H groups in total. The fourth-order valence-corrected chi connectivity index (χ4v) is 4.66. The highest BCUT2D eigenvalue weighted by Crippen LogP contribution is 2.29. The molecule has 0 bridgehead atoms. The van der Waals surface area contributed by atoms with Gasteiger partial charge in [-0.15, -0.1) is 0 Å². The third-order valence-electron chi connectivity index (χ3n) is 6.99. The maximum atomic E-state index is 10.6. The zero-order valence-corrected chi connectivity index (χ0v) is 21.4. The molecule has 36 heavy (non-hydrogen) atoms. The van der Waals surface area contributed by atoms with Crippen LogP contribution in [0, 0.1) is 0 Å². The minimum Gasteiger partial charge on any atom is -0.394 e. The van der Waals surface area contributed by atoms with E-state index in [4.69, 9.17) is 18.9 Å². The van der Waals surface area contributed by atoms with Crippen molar-refractivity contribution in [2.75, 3.05) is 19.8 Å². The van der Waals surface area contributed by atoms with Gasteiger partial charge in [-0.25, -0.2) is 0 Å². The van der Waals surface area contributed by atoms with Gasteiger partial charge in [-0.2, -0.15) is 0 Å². The van der Waals surface area contributed by atoms with Crippen LogP contribution in [0.4, 0.5) is 0 Å². The number of aliphatic hydroxyl groups is 7. The van der Waals surface area contributed by atoms with Crippen molar-refractivity contribution in [2.45, 2.75) is 139 Å². The number of ether oxygens (including phenoxy) is 4. The highest BCUT2D eigenvalue weighted by atomic mass is 16.7. The fourth-order valence-electron chi connectivity index (χ4n) is 4.66. The van der Waals surface area contributed by atoms with Crippen LogP contribution in [-0.4, -0.2) is 117 Å². The monoisotopic (exact) mass is 524 g/mol. The Morgan fingerprint density at radius 3 is 1.61 bits per heavy atom. The molecule has 0 radical (unpaired) electrons. The van der Waals surface area contributed by atoms with Crippen LogP contribution in [0.2, 0.25) is 0 Å². The van der Waals surface area contributed by atoms with Crippen LogP contribution in [0.1, 0.15) is 77.6 Å². The van der Waals surface area contributed by atoms with Crippen molar-refractivity contribution in [3.8, 4) is 0 Å². The van der Waals surface area contributed by atoms with Gasteiger partial charge in [0.1, 0.15) is 48.8 Å². The summed E-state index contributed by atoms with van der Waals surface area (Å²) in [5.74, 6) is 0. The molecule has 0 aromatic carbocycles. The van der Waals surface area contributed by atoms with Gasteiger partial charge >= 0.3 is 0 Å². The van der Waals surface area contributed by atoms with E-state index in [1.54, 1.807) is 0 Å². The molecule has 2 fully saturated rings. The van der Waals surface area contributed by atoms with Gasteiger partial charge in [-0.1, -0.05) is 71.1 Å². The topological polar surface area (TPSA) is 179 Å². The predicted octanol–water partition coefficient (Wildman–Crippen LogP) is -0.0619. The molecule has 2 saturated heterocycles. The summed E-state index contributed by atoms with van der Waals surface area (Å²) in [5.41, 5.74) is 0. The first kappa shape index (κ1) is 31.8. The van der Waals surface area contributed by atoms with Crippen molar-refractivity contribution < 1.29 is 54.7 Å². The minimum atomic E-state index is -1.69. The molecule has 0 aromatic heterocycles. The van der Waals surface area contributed by atoms with Crippen LogP contribution >= 0.6 is 0 Å². The standard InChI is InChI=1S/C25H48O11/c1-2-3-4-5-6-7-8-9-10-11-12-13-33-24-22(32)20(30)23(17(15-27)35-24)36-25-21(31)19(29)18(28)16(14-26)34-25/h16-32H,2-15H2,1H3/t16-,17-,18+,19+,20-,21+,22-,23+,24-,25+/m0/s1. The SMILES string of the molecule is CCCCCCCCCCCCCO[C@H]1O[C@@H](CO)[C@@H](O[C@H]2O[C@@H](CO)[C@@H](O)[C@@H](O)[C@H]2O)[C@@H](O)[C@@H]1O. The van der Waals surface area contributed by atoms with E-state index in [-0.39, 0.29) is 0 Å². The highest BCUT2D eigenvalue weighted by molar-refractivity contribution is 4.94. The molecular weight excluding hydrogens is 476 g/mol. The van der Waals surface area contributed by atoms with E-state index in [9.17, 15) is 35.7 Å². The van der Waals surface area contributed by atoms with Gasteiger partial charge < -0.3 is 54.7 Å². The summed E-state index contributed by atoms with van der Waals surface area (Å²) >= 11 is 0. The van der Waals surface area contributed by atoms with Gasteiger partial charge in [-0.05, 0) is 6.42 Å². The predicted molar refractivity (Wildman–Crippen MR) is 129 cm³/mol. The van der Waals surface area contributed by atoms with Crippen LogP contribution < -0.4 is 0 Å². The second-order valence-corrected chi connectivity index (χ2v) is 9.91. The maximum Gasteiger partial charge on any atom is 0.187 e. The van der Waals surface area contributed by atoms with Crippen molar-refractivity contribution in [1.29, 1.82) is 0 Å². The van der Waals surface area contributed by atoms with Crippen molar-refractivity contribution in [2.24, 2.45) is 0 Å². The molecule has 0 aliphatic carbocycles. The lowest BCUT2D eigenvalue weighted by Crippen LogP contribution is -2.64. The molecule has 0 spiro atoms. The lowest BCUT2D eigenvalue weighted by Gasteiger charge is -2.45. The largest absolute Gasteiger partial charge is 0.394 e. The number of hydrogen-bond donors (Lipinski definition) is 7. The minimum absolute atomic E-state index is 0.321. The highest BCUT2D eigenvalue weighted by Gasteiger charge is 2.50. The number of hydrogen-bond acceptors (Lipinski definition) is 11. The van der Waals surface area contributed by atoms with Crippen molar-refractivity contribution in [3.05, 3.63) is 0 Å². The maximum absolute atomic E-state index is 10.6. The molecule has 2 aliphatic heterocycles. The van der Waals surface area contributed by atoms with Crippen molar-refractivity contribution in [1.82, 2.24) is 0 Å². The third kappa shape index (κ3) is 9.39. The quantitative estimate of drug-likeness (QED) is 0.127. The molecule has 0 aromatic rings. The lowest BCUT2D eigenvalue weighted by atomic mass is 9.97. The van der Waals surface area contributed by atoms with Crippen molar-refractivity contribution in [3.63, 3.8) is 0 Å². The van der Waals surface area contributed by atoms with Crippen LogP contribution in [0.3, 0.4) is 0 Å². The Labute approximate surface area is 214 Å². The first-order chi connectivity index (χ1) is 17.3. The summed E-state index contributed by atoms with van der Waals surface area (Å²) in [7, 11) is 0. The van der Waals surface area contributed by atoms with E-state index < -0.39 is 74.6 Å². The van der Waals surface area contributed by atoms with Crippen LogP contribution in [0.15, 0.2) is 0 Å². The van der Waals surface area contributed by atoms with Gasteiger partial charge in [0.2, 0.25) is 0 Å². The molecule has 2 rings (SSSR count). The van der Waals surface area contributed by atoms with E-state index >= 15 is 0 Å². The molecule has 11 heteroatoms. The van der Waals surface area contributed by atoms with Crippen molar-refractivity contribution >= 4 is 0 Å². The summed E-state index contributed by atoms with van der Waals surface area (Å²) < 4.78 is 22.1. The Kier molecular flexibility index (Phi) is 15.2. The first-order valence-corrected chi connectivity index (χ1v) is 13.6. The molecule has 2 heterocycles. The molecule has 2 aliphatic rings.